The number of hydrogen-bond donors (Lipinski definition) is 3. The van der Waals surface area contributed by atoms with Gasteiger partial charge in [0.2, 0.25) is 5.95 Å². The van der Waals surface area contributed by atoms with Crippen LogP contribution in [0.5, 0.6) is 0 Å². The molecule has 0 spiro atoms. The van der Waals surface area contributed by atoms with Crippen molar-refractivity contribution in [2.75, 3.05) is 31.7 Å². The van der Waals surface area contributed by atoms with Crippen LogP contribution in [0.3, 0.4) is 0 Å². The minimum absolute atomic E-state index is 0.139. The zero-order valence-corrected chi connectivity index (χ0v) is 9.44. The summed E-state index contributed by atoms with van der Waals surface area (Å²) in [5.41, 5.74) is 1.81. The van der Waals surface area contributed by atoms with Gasteiger partial charge in [-0.25, -0.2) is 4.98 Å². The third kappa shape index (κ3) is 1.87. The topological polar surface area (TPSA) is 70.2 Å². The quantitative estimate of drug-likeness (QED) is 0.736. The maximum atomic E-state index is 9.30. The number of nitrogens with zero attached hydrogens (tertiary/aromatic N) is 1. The van der Waals surface area contributed by atoms with Gasteiger partial charge in [-0.15, -0.1) is 0 Å². The number of rotatable bonds is 4. The fourth-order valence-electron chi connectivity index (χ4n) is 1.95. The summed E-state index contributed by atoms with van der Waals surface area (Å²) in [6.45, 7) is 2.02. The number of anilines is 1. The number of para-hydroxylation sites is 2. The van der Waals surface area contributed by atoms with Crippen molar-refractivity contribution >= 4 is 17.0 Å². The number of H-pyrrole nitrogens is 1. The van der Waals surface area contributed by atoms with Crippen molar-refractivity contribution < 1.29 is 9.84 Å². The third-order valence-electron chi connectivity index (χ3n) is 3.17. The molecule has 5 nitrogen and oxygen atoms in total. The minimum Gasteiger partial charge on any atom is -0.396 e. The van der Waals surface area contributed by atoms with Crippen molar-refractivity contribution in [1.29, 1.82) is 0 Å². The Hall–Kier alpha value is -1.59. The van der Waals surface area contributed by atoms with Crippen LogP contribution < -0.4 is 5.32 Å². The molecule has 0 amide bonds. The van der Waals surface area contributed by atoms with Crippen LogP contribution in [0.1, 0.15) is 0 Å². The molecule has 1 aromatic carbocycles. The average molecular weight is 233 g/mol. The number of aliphatic hydroxyl groups excluding tert-OH is 1. The van der Waals surface area contributed by atoms with E-state index in [1.165, 1.54) is 0 Å². The lowest BCUT2D eigenvalue weighted by Crippen LogP contribution is -2.50. The van der Waals surface area contributed by atoms with Crippen LogP contribution >= 0.6 is 0 Å². The molecule has 17 heavy (non-hydrogen) atoms. The van der Waals surface area contributed by atoms with Gasteiger partial charge < -0.3 is 20.1 Å². The van der Waals surface area contributed by atoms with Crippen molar-refractivity contribution in [1.82, 2.24) is 9.97 Å². The molecule has 1 aliphatic heterocycles. The molecule has 1 saturated heterocycles. The van der Waals surface area contributed by atoms with Gasteiger partial charge in [-0.2, -0.15) is 0 Å². The van der Waals surface area contributed by atoms with Crippen LogP contribution in [-0.2, 0) is 4.74 Å². The molecule has 0 bridgehead atoms. The van der Waals surface area contributed by atoms with Crippen molar-refractivity contribution in [2.24, 2.45) is 5.41 Å². The van der Waals surface area contributed by atoms with Crippen molar-refractivity contribution in [2.45, 2.75) is 0 Å². The normalized spacial score (nSPS) is 17.9. The molecule has 0 radical (unpaired) electrons. The SMILES string of the molecule is OCC1(CNc2nc3ccccc3[nH]2)COC1. The highest BCUT2D eigenvalue weighted by Gasteiger charge is 2.38. The molecule has 1 fully saturated rings. The van der Waals surface area contributed by atoms with Crippen molar-refractivity contribution in [3.05, 3.63) is 24.3 Å². The molecular weight excluding hydrogens is 218 g/mol. The summed E-state index contributed by atoms with van der Waals surface area (Å²) in [4.78, 5) is 7.62. The van der Waals surface area contributed by atoms with Gasteiger partial charge in [0, 0.05) is 6.54 Å². The highest BCUT2D eigenvalue weighted by molar-refractivity contribution is 5.77. The number of aromatic nitrogens is 2. The first kappa shape index (κ1) is 10.6. The molecule has 3 N–H and O–H groups in total. The Kier molecular flexibility index (Phi) is 2.49. The second-order valence-electron chi connectivity index (χ2n) is 4.61. The number of fused-ring (bicyclic) bond motifs is 1. The first-order valence-electron chi connectivity index (χ1n) is 5.69. The summed E-state index contributed by atoms with van der Waals surface area (Å²) in [5.74, 6) is 0.742. The van der Waals surface area contributed by atoms with Gasteiger partial charge in [0.25, 0.3) is 0 Å². The van der Waals surface area contributed by atoms with Crippen LogP contribution in [0.2, 0.25) is 0 Å². The molecule has 2 heterocycles. The maximum Gasteiger partial charge on any atom is 0.201 e. The number of hydrogen-bond acceptors (Lipinski definition) is 4. The summed E-state index contributed by atoms with van der Waals surface area (Å²) in [7, 11) is 0. The molecular formula is C12H15N3O2. The minimum atomic E-state index is -0.140. The van der Waals surface area contributed by atoms with Gasteiger partial charge in [0.15, 0.2) is 0 Å². The van der Waals surface area contributed by atoms with E-state index in [-0.39, 0.29) is 12.0 Å². The summed E-state index contributed by atoms with van der Waals surface area (Å²) >= 11 is 0. The van der Waals surface area contributed by atoms with E-state index in [4.69, 9.17) is 4.74 Å². The highest BCUT2D eigenvalue weighted by atomic mass is 16.5. The van der Waals surface area contributed by atoms with Crippen LogP contribution in [-0.4, -0.2) is 41.4 Å². The van der Waals surface area contributed by atoms with Gasteiger partial charge in [0.05, 0.1) is 36.3 Å². The Morgan fingerprint density at radius 3 is 2.88 bits per heavy atom. The number of ether oxygens (including phenoxy) is 1. The van der Waals surface area contributed by atoms with E-state index in [1.807, 2.05) is 24.3 Å². The molecule has 1 aromatic heterocycles. The van der Waals surface area contributed by atoms with E-state index >= 15 is 0 Å². The Labute approximate surface area is 98.8 Å². The lowest BCUT2D eigenvalue weighted by Gasteiger charge is -2.39. The third-order valence-corrected chi connectivity index (χ3v) is 3.17. The summed E-state index contributed by atoms with van der Waals surface area (Å²) in [6, 6.07) is 7.88. The Morgan fingerprint density at radius 2 is 2.24 bits per heavy atom. The van der Waals surface area contributed by atoms with Gasteiger partial charge in [-0.05, 0) is 12.1 Å². The van der Waals surface area contributed by atoms with Crippen LogP contribution in [0.25, 0.3) is 11.0 Å². The zero-order chi connectivity index (χ0) is 11.7. The second kappa shape index (κ2) is 4.01. The van der Waals surface area contributed by atoms with Crippen molar-refractivity contribution in [3.8, 4) is 0 Å². The maximum absolute atomic E-state index is 9.30. The number of imidazole rings is 1. The van der Waals surface area contributed by atoms with E-state index in [1.54, 1.807) is 0 Å². The summed E-state index contributed by atoms with van der Waals surface area (Å²) in [6.07, 6.45) is 0. The van der Waals surface area contributed by atoms with Gasteiger partial charge in [0.1, 0.15) is 0 Å². The number of aliphatic hydroxyl groups is 1. The lowest BCUT2D eigenvalue weighted by atomic mass is 9.87. The average Bonchev–Trinajstić information content (AvgIpc) is 2.71. The van der Waals surface area contributed by atoms with Crippen LogP contribution in [0, 0.1) is 5.41 Å². The molecule has 0 saturated carbocycles. The van der Waals surface area contributed by atoms with E-state index in [0.29, 0.717) is 19.8 Å². The van der Waals surface area contributed by atoms with E-state index in [9.17, 15) is 5.11 Å². The molecule has 0 atom stereocenters. The van der Waals surface area contributed by atoms with E-state index in [2.05, 4.69) is 15.3 Å². The number of aromatic amines is 1. The summed E-state index contributed by atoms with van der Waals surface area (Å²) < 4.78 is 5.15. The highest BCUT2D eigenvalue weighted by Crippen LogP contribution is 2.27. The lowest BCUT2D eigenvalue weighted by molar-refractivity contribution is -0.128. The molecule has 3 rings (SSSR count). The predicted octanol–water partition coefficient (Wildman–Crippen LogP) is 0.984. The standard InChI is InChI=1S/C12H15N3O2/c16-6-12(7-17-8-12)5-13-11-14-9-3-1-2-4-10(9)15-11/h1-4,16H,5-8H2,(H2,13,14,15). The number of nitrogens with one attached hydrogen (secondary N) is 2. The zero-order valence-electron chi connectivity index (χ0n) is 9.44. The van der Waals surface area contributed by atoms with E-state index < -0.39 is 0 Å². The molecule has 5 heteroatoms. The first-order chi connectivity index (χ1) is 8.31. The molecule has 0 aliphatic carbocycles. The van der Waals surface area contributed by atoms with Crippen molar-refractivity contribution in [3.63, 3.8) is 0 Å². The first-order valence-corrected chi connectivity index (χ1v) is 5.69. The van der Waals surface area contributed by atoms with Crippen LogP contribution in [0.15, 0.2) is 24.3 Å². The Bertz CT molecular complexity index is 481. The van der Waals surface area contributed by atoms with Gasteiger partial charge >= 0.3 is 0 Å². The Balaban J connectivity index is 1.72. The van der Waals surface area contributed by atoms with Gasteiger partial charge in [-0.1, -0.05) is 12.1 Å². The fraction of sp³-hybridized carbons (Fsp3) is 0.417. The molecule has 1 aliphatic rings. The summed E-state index contributed by atoms with van der Waals surface area (Å²) in [5, 5.41) is 12.5. The predicted molar refractivity (Wildman–Crippen MR) is 64.9 cm³/mol. The largest absolute Gasteiger partial charge is 0.396 e. The van der Waals surface area contributed by atoms with Gasteiger partial charge in [-0.3, -0.25) is 0 Å². The molecule has 0 unspecified atom stereocenters. The second-order valence-corrected chi connectivity index (χ2v) is 4.61. The molecule has 2 aromatic rings. The Morgan fingerprint density at radius 1 is 1.41 bits per heavy atom. The fourth-order valence-corrected chi connectivity index (χ4v) is 1.95. The smallest absolute Gasteiger partial charge is 0.201 e. The van der Waals surface area contributed by atoms with Crippen LogP contribution in [0.4, 0.5) is 5.95 Å². The number of benzene rings is 1. The molecule has 90 valence electrons. The van der Waals surface area contributed by atoms with E-state index in [0.717, 1.165) is 17.0 Å². The monoisotopic (exact) mass is 233 g/mol.